The van der Waals surface area contributed by atoms with E-state index in [1.165, 1.54) is 32.1 Å². The number of carbonyl (C=O) groups excluding carboxylic acids is 1. The Labute approximate surface area is 103 Å². The Kier molecular flexibility index (Phi) is 6.01. The molecule has 1 aliphatic rings. The van der Waals surface area contributed by atoms with Crippen LogP contribution in [0.1, 0.15) is 58.3 Å². The van der Waals surface area contributed by atoms with Gasteiger partial charge in [-0.05, 0) is 19.3 Å². The number of hydrogen-bond donors (Lipinski definition) is 2. The molecule has 0 spiro atoms. The summed E-state index contributed by atoms with van der Waals surface area (Å²) in [4.78, 5) is 22.0. The lowest BCUT2D eigenvalue weighted by Gasteiger charge is -2.21. The average Bonchev–Trinajstić information content (AvgIpc) is 2.26. The summed E-state index contributed by atoms with van der Waals surface area (Å²) in [5.41, 5.74) is 0. The van der Waals surface area contributed by atoms with E-state index in [9.17, 15) is 9.59 Å². The quantitative estimate of drug-likeness (QED) is 0.750. The van der Waals surface area contributed by atoms with Crippen molar-refractivity contribution in [2.75, 3.05) is 0 Å². The van der Waals surface area contributed by atoms with Crippen LogP contribution in [0.3, 0.4) is 0 Å². The average molecular weight is 241 g/mol. The first-order valence-electron chi connectivity index (χ1n) is 6.59. The molecule has 0 bridgehead atoms. The molecular weight excluding hydrogens is 218 g/mol. The van der Waals surface area contributed by atoms with Crippen molar-refractivity contribution < 1.29 is 14.7 Å². The number of carbonyl (C=O) groups is 2. The predicted octanol–water partition coefficient (Wildman–Crippen LogP) is 2.33. The maximum absolute atomic E-state index is 11.6. The highest BCUT2D eigenvalue weighted by Gasteiger charge is 2.16. The fourth-order valence-electron chi connectivity index (χ4n) is 2.47. The van der Waals surface area contributed by atoms with Crippen LogP contribution in [0, 0.1) is 5.92 Å². The summed E-state index contributed by atoms with van der Waals surface area (Å²) < 4.78 is 0. The van der Waals surface area contributed by atoms with Crippen LogP contribution in [0.5, 0.6) is 0 Å². The van der Waals surface area contributed by atoms with Gasteiger partial charge in [-0.25, -0.2) is 0 Å². The number of carboxylic acids is 1. The van der Waals surface area contributed by atoms with E-state index in [2.05, 4.69) is 5.32 Å². The van der Waals surface area contributed by atoms with Gasteiger partial charge in [0.25, 0.3) is 0 Å². The third-order valence-electron chi connectivity index (χ3n) is 3.39. The van der Waals surface area contributed by atoms with E-state index in [-0.39, 0.29) is 18.4 Å². The molecule has 0 aromatic rings. The van der Waals surface area contributed by atoms with E-state index in [0.717, 1.165) is 6.42 Å². The van der Waals surface area contributed by atoms with Crippen LogP contribution in [-0.4, -0.2) is 23.0 Å². The van der Waals surface area contributed by atoms with Gasteiger partial charge in [0.05, 0.1) is 6.42 Å². The van der Waals surface area contributed by atoms with Gasteiger partial charge in [-0.2, -0.15) is 0 Å². The smallest absolute Gasteiger partial charge is 0.305 e. The molecule has 1 saturated carbocycles. The zero-order chi connectivity index (χ0) is 12.7. The van der Waals surface area contributed by atoms with Crippen LogP contribution in [0.2, 0.25) is 0 Å². The molecule has 4 nitrogen and oxygen atoms in total. The Hall–Kier alpha value is -1.06. The Balaban J connectivity index is 2.13. The lowest BCUT2D eigenvalue weighted by molar-refractivity contribution is -0.137. The zero-order valence-electron chi connectivity index (χ0n) is 10.6. The zero-order valence-corrected chi connectivity index (χ0v) is 10.6. The first-order valence-corrected chi connectivity index (χ1v) is 6.59. The molecule has 1 aliphatic carbocycles. The maximum atomic E-state index is 11.6. The molecule has 1 atom stereocenters. The van der Waals surface area contributed by atoms with E-state index < -0.39 is 5.97 Å². The summed E-state index contributed by atoms with van der Waals surface area (Å²) in [6.45, 7) is 1.73. The highest BCUT2D eigenvalue weighted by atomic mass is 16.4. The highest BCUT2D eigenvalue weighted by molar-refractivity contribution is 5.77. The summed E-state index contributed by atoms with van der Waals surface area (Å²) in [5.74, 6) is -0.182. The summed E-state index contributed by atoms with van der Waals surface area (Å²) in [6.07, 6.45) is 7.90. The molecule has 0 aromatic heterocycles. The number of carboxylic acid groups (broad SMARTS) is 1. The van der Waals surface area contributed by atoms with Crippen LogP contribution in [0.25, 0.3) is 0 Å². The number of nitrogens with one attached hydrogen (secondary N) is 1. The molecule has 4 heteroatoms. The summed E-state index contributed by atoms with van der Waals surface area (Å²) in [5, 5.41) is 11.3. The van der Waals surface area contributed by atoms with Crippen LogP contribution >= 0.6 is 0 Å². The van der Waals surface area contributed by atoms with E-state index >= 15 is 0 Å². The Bertz CT molecular complexity index is 259. The first-order chi connectivity index (χ1) is 8.08. The molecule has 1 fully saturated rings. The lowest BCUT2D eigenvalue weighted by atomic mass is 9.86. The van der Waals surface area contributed by atoms with Gasteiger partial charge in [-0.3, -0.25) is 9.59 Å². The van der Waals surface area contributed by atoms with Gasteiger partial charge in [0.2, 0.25) is 5.91 Å². The van der Waals surface area contributed by atoms with E-state index in [1.807, 2.05) is 0 Å². The number of aliphatic carboxylic acids is 1. The van der Waals surface area contributed by atoms with Crippen molar-refractivity contribution in [1.29, 1.82) is 0 Å². The topological polar surface area (TPSA) is 66.4 Å². The van der Waals surface area contributed by atoms with Gasteiger partial charge in [0.1, 0.15) is 0 Å². The Morgan fingerprint density at radius 1 is 1.29 bits per heavy atom. The minimum Gasteiger partial charge on any atom is -0.481 e. The molecular formula is C13H23NO3. The van der Waals surface area contributed by atoms with Crippen LogP contribution in [0.15, 0.2) is 0 Å². The minimum absolute atomic E-state index is 0.00479. The summed E-state index contributed by atoms with van der Waals surface area (Å²) in [7, 11) is 0. The standard InChI is InChI=1S/C13H23NO3/c1-10(9-13(16)17)14-12(15)8-7-11-5-3-2-4-6-11/h10-11H,2-9H2,1H3,(H,14,15)(H,16,17)/t10-/m1/s1. The lowest BCUT2D eigenvalue weighted by Crippen LogP contribution is -2.34. The third-order valence-corrected chi connectivity index (χ3v) is 3.39. The van der Waals surface area contributed by atoms with Gasteiger partial charge in [0, 0.05) is 12.5 Å². The maximum Gasteiger partial charge on any atom is 0.305 e. The fraction of sp³-hybridized carbons (Fsp3) is 0.846. The second-order valence-electron chi connectivity index (χ2n) is 5.11. The second-order valence-corrected chi connectivity index (χ2v) is 5.11. The van der Waals surface area contributed by atoms with Crippen molar-refractivity contribution in [3.63, 3.8) is 0 Å². The van der Waals surface area contributed by atoms with Crippen molar-refractivity contribution in [1.82, 2.24) is 5.32 Å². The molecule has 0 saturated heterocycles. The van der Waals surface area contributed by atoms with Gasteiger partial charge in [-0.1, -0.05) is 32.1 Å². The van der Waals surface area contributed by atoms with Gasteiger partial charge in [0.15, 0.2) is 0 Å². The van der Waals surface area contributed by atoms with Crippen molar-refractivity contribution in [3.8, 4) is 0 Å². The van der Waals surface area contributed by atoms with Gasteiger partial charge >= 0.3 is 5.97 Å². The van der Waals surface area contributed by atoms with E-state index in [0.29, 0.717) is 12.3 Å². The molecule has 17 heavy (non-hydrogen) atoms. The van der Waals surface area contributed by atoms with E-state index in [4.69, 9.17) is 5.11 Å². The summed E-state index contributed by atoms with van der Waals surface area (Å²) in [6, 6.07) is -0.272. The van der Waals surface area contributed by atoms with Crippen molar-refractivity contribution in [2.45, 2.75) is 64.3 Å². The van der Waals surface area contributed by atoms with Crippen LogP contribution in [-0.2, 0) is 9.59 Å². The van der Waals surface area contributed by atoms with Crippen LogP contribution in [0.4, 0.5) is 0 Å². The Morgan fingerprint density at radius 2 is 1.94 bits per heavy atom. The molecule has 1 amide bonds. The molecule has 0 radical (unpaired) electrons. The molecule has 0 heterocycles. The molecule has 0 aromatic carbocycles. The first kappa shape index (κ1) is 14.0. The van der Waals surface area contributed by atoms with E-state index in [1.54, 1.807) is 6.92 Å². The largest absolute Gasteiger partial charge is 0.481 e. The van der Waals surface area contributed by atoms with Crippen LogP contribution < -0.4 is 5.32 Å². The molecule has 0 unspecified atom stereocenters. The second kappa shape index (κ2) is 7.30. The molecule has 2 N–H and O–H groups in total. The monoisotopic (exact) mass is 241 g/mol. The fourth-order valence-corrected chi connectivity index (χ4v) is 2.47. The van der Waals surface area contributed by atoms with Gasteiger partial charge < -0.3 is 10.4 Å². The Morgan fingerprint density at radius 3 is 2.53 bits per heavy atom. The number of amides is 1. The van der Waals surface area contributed by atoms with Crippen molar-refractivity contribution in [2.24, 2.45) is 5.92 Å². The van der Waals surface area contributed by atoms with Crippen molar-refractivity contribution >= 4 is 11.9 Å². The molecule has 98 valence electrons. The molecule has 0 aliphatic heterocycles. The number of rotatable bonds is 6. The SMILES string of the molecule is C[C@H](CC(=O)O)NC(=O)CCC1CCCCC1. The number of hydrogen-bond acceptors (Lipinski definition) is 2. The third kappa shape index (κ3) is 6.29. The predicted molar refractivity (Wildman–Crippen MR) is 65.7 cm³/mol. The van der Waals surface area contributed by atoms with Gasteiger partial charge in [-0.15, -0.1) is 0 Å². The normalized spacial score (nSPS) is 18.6. The minimum atomic E-state index is -0.870. The van der Waals surface area contributed by atoms with Crippen molar-refractivity contribution in [3.05, 3.63) is 0 Å². The molecule has 1 rings (SSSR count). The summed E-state index contributed by atoms with van der Waals surface area (Å²) >= 11 is 0. The highest BCUT2D eigenvalue weighted by Crippen LogP contribution is 2.27.